The molecule has 0 spiro atoms. The van der Waals surface area contributed by atoms with Crippen molar-refractivity contribution in [3.05, 3.63) is 82.8 Å². The summed E-state index contributed by atoms with van der Waals surface area (Å²) in [5.74, 6) is -2.01. The fraction of sp³-hybridized carbons (Fsp3) is 0.217. The highest BCUT2D eigenvalue weighted by Gasteiger charge is 2.29. The van der Waals surface area contributed by atoms with Crippen LogP contribution < -0.4 is 4.74 Å². The Balaban J connectivity index is 1.39. The zero-order valence-corrected chi connectivity index (χ0v) is 17.8. The minimum Gasteiger partial charge on any atom is -0.493 e. The molecule has 1 unspecified atom stereocenters. The number of fused-ring (bicyclic) bond motifs is 1. The summed E-state index contributed by atoms with van der Waals surface area (Å²) in [4.78, 5) is 13.2. The van der Waals surface area contributed by atoms with Gasteiger partial charge in [-0.3, -0.25) is 4.57 Å². The normalized spacial score (nSPS) is 15.4. The second kappa shape index (κ2) is 8.19. The molecule has 33 heavy (non-hydrogen) atoms. The van der Waals surface area contributed by atoms with E-state index >= 15 is 0 Å². The summed E-state index contributed by atoms with van der Waals surface area (Å²) in [5.41, 5.74) is 1.99. The molecule has 0 N–H and O–H groups in total. The van der Waals surface area contributed by atoms with Crippen LogP contribution in [0.4, 0.5) is 13.2 Å². The number of aryl methyl sites for hydroxylation is 2. The Morgan fingerprint density at radius 1 is 1.09 bits per heavy atom. The van der Waals surface area contributed by atoms with Crippen molar-refractivity contribution in [1.29, 1.82) is 0 Å². The van der Waals surface area contributed by atoms with E-state index in [-0.39, 0.29) is 5.92 Å². The van der Waals surface area contributed by atoms with Gasteiger partial charge >= 0.3 is 0 Å². The van der Waals surface area contributed by atoms with Crippen LogP contribution in [-0.2, 0) is 6.54 Å². The van der Waals surface area contributed by atoms with E-state index in [1.54, 1.807) is 41.0 Å². The van der Waals surface area contributed by atoms with Crippen LogP contribution >= 0.6 is 0 Å². The summed E-state index contributed by atoms with van der Waals surface area (Å²) < 4.78 is 49.7. The molecule has 1 aliphatic heterocycles. The van der Waals surface area contributed by atoms with Crippen molar-refractivity contribution in [3.63, 3.8) is 0 Å². The van der Waals surface area contributed by atoms with Crippen LogP contribution in [0.5, 0.6) is 5.75 Å². The van der Waals surface area contributed by atoms with Gasteiger partial charge in [0.05, 0.1) is 12.8 Å². The van der Waals surface area contributed by atoms with Crippen molar-refractivity contribution in [2.24, 2.45) is 0 Å². The summed E-state index contributed by atoms with van der Waals surface area (Å²) in [5, 5.41) is 4.45. The fourth-order valence-electron chi connectivity index (χ4n) is 3.93. The molecule has 0 saturated heterocycles. The number of methoxy groups -OCH3 is 1. The van der Waals surface area contributed by atoms with Crippen LogP contribution in [0.15, 0.2) is 36.9 Å². The molecule has 1 aromatic carbocycles. The number of benzene rings is 1. The van der Waals surface area contributed by atoms with Gasteiger partial charge in [0.15, 0.2) is 34.8 Å². The Labute approximate surface area is 187 Å². The van der Waals surface area contributed by atoms with Crippen LogP contribution in [-0.4, -0.2) is 36.4 Å². The van der Waals surface area contributed by atoms with Crippen molar-refractivity contribution < 1.29 is 17.9 Å². The highest BCUT2D eigenvalue weighted by atomic mass is 19.2. The average molecular weight is 452 g/mol. The summed E-state index contributed by atoms with van der Waals surface area (Å²) in [6, 6.07) is 3.87. The monoisotopic (exact) mass is 452 g/mol. The number of pyridine rings is 1. The Bertz CT molecular complexity index is 1350. The van der Waals surface area contributed by atoms with E-state index in [0.717, 1.165) is 23.4 Å². The van der Waals surface area contributed by atoms with Gasteiger partial charge in [0.2, 0.25) is 0 Å². The Morgan fingerprint density at radius 2 is 1.88 bits per heavy atom. The van der Waals surface area contributed by atoms with E-state index in [2.05, 4.69) is 20.1 Å². The van der Waals surface area contributed by atoms with Gasteiger partial charge in [0.1, 0.15) is 12.2 Å². The SMILES string of the molecule is COc1cc(/C=C/c2nc3n(n2)CCC3c2cc(F)c(F)c(F)c2)cnc1-n1cnc(C)c1. The first kappa shape index (κ1) is 20.9. The lowest BCUT2D eigenvalue weighted by molar-refractivity contribution is 0.410. The molecule has 5 rings (SSSR count). The van der Waals surface area contributed by atoms with E-state index in [0.29, 0.717) is 41.7 Å². The third-order valence-corrected chi connectivity index (χ3v) is 5.52. The van der Waals surface area contributed by atoms with E-state index in [1.165, 1.54) is 0 Å². The second-order valence-electron chi connectivity index (χ2n) is 7.74. The van der Waals surface area contributed by atoms with E-state index in [1.807, 2.05) is 19.2 Å². The molecular weight excluding hydrogens is 433 g/mol. The minimum absolute atomic E-state index is 0.340. The Kier molecular flexibility index (Phi) is 5.20. The minimum atomic E-state index is -1.47. The first-order valence-electron chi connectivity index (χ1n) is 10.2. The van der Waals surface area contributed by atoms with Gasteiger partial charge < -0.3 is 4.74 Å². The van der Waals surface area contributed by atoms with Gasteiger partial charge in [-0.25, -0.2) is 32.8 Å². The summed E-state index contributed by atoms with van der Waals surface area (Å²) >= 11 is 0. The molecular formula is C23H19F3N6O. The molecule has 4 heterocycles. The molecule has 0 aliphatic carbocycles. The van der Waals surface area contributed by atoms with Gasteiger partial charge in [-0.1, -0.05) is 0 Å². The quantitative estimate of drug-likeness (QED) is 0.423. The molecule has 0 bridgehead atoms. The highest BCUT2D eigenvalue weighted by Crippen LogP contribution is 2.34. The lowest BCUT2D eigenvalue weighted by atomic mass is 9.97. The zero-order valence-electron chi connectivity index (χ0n) is 17.8. The largest absolute Gasteiger partial charge is 0.493 e. The maximum atomic E-state index is 13.7. The van der Waals surface area contributed by atoms with Gasteiger partial charge in [-0.05, 0) is 54.8 Å². The lowest BCUT2D eigenvalue weighted by Gasteiger charge is -2.09. The number of rotatable bonds is 5. The number of ether oxygens (including phenoxy) is 1. The molecule has 1 aliphatic rings. The number of halogens is 3. The standard InChI is InChI=1S/C23H19F3N6O/c1-13-11-31(12-28-13)23-19(33-2)7-14(10-27-23)3-4-20-29-22-16(5-6-32(22)30-20)15-8-17(24)21(26)18(25)9-15/h3-4,7-12,16H,5-6H2,1-2H3/b4-3+. The van der Waals surface area contributed by atoms with Crippen molar-refractivity contribution in [3.8, 4) is 11.6 Å². The van der Waals surface area contributed by atoms with Crippen LogP contribution in [0, 0.1) is 24.4 Å². The predicted molar refractivity (Wildman–Crippen MR) is 114 cm³/mol. The first-order valence-corrected chi connectivity index (χ1v) is 10.2. The molecule has 0 saturated carbocycles. The van der Waals surface area contributed by atoms with Crippen molar-refractivity contribution >= 4 is 12.2 Å². The van der Waals surface area contributed by atoms with E-state index < -0.39 is 17.5 Å². The average Bonchev–Trinajstić information content (AvgIpc) is 3.51. The Morgan fingerprint density at radius 3 is 2.58 bits per heavy atom. The third-order valence-electron chi connectivity index (χ3n) is 5.52. The predicted octanol–water partition coefficient (Wildman–Crippen LogP) is 4.30. The molecule has 0 amide bonds. The van der Waals surface area contributed by atoms with Crippen LogP contribution in [0.25, 0.3) is 18.0 Å². The third kappa shape index (κ3) is 3.88. The molecule has 7 nitrogen and oxygen atoms in total. The number of aromatic nitrogens is 6. The maximum absolute atomic E-state index is 13.7. The first-order chi connectivity index (χ1) is 15.9. The van der Waals surface area contributed by atoms with Crippen molar-refractivity contribution in [2.45, 2.75) is 25.8 Å². The van der Waals surface area contributed by atoms with Crippen molar-refractivity contribution in [2.75, 3.05) is 7.11 Å². The lowest BCUT2D eigenvalue weighted by Crippen LogP contribution is -2.02. The number of hydrogen-bond acceptors (Lipinski definition) is 5. The van der Waals surface area contributed by atoms with E-state index in [9.17, 15) is 13.2 Å². The zero-order chi connectivity index (χ0) is 23.1. The maximum Gasteiger partial charge on any atom is 0.194 e. The summed E-state index contributed by atoms with van der Waals surface area (Å²) in [6.07, 6.45) is 9.33. The topological polar surface area (TPSA) is 70.7 Å². The molecule has 168 valence electrons. The van der Waals surface area contributed by atoms with E-state index in [4.69, 9.17) is 4.74 Å². The van der Waals surface area contributed by atoms with Crippen molar-refractivity contribution in [1.82, 2.24) is 29.3 Å². The molecule has 4 aromatic rings. The van der Waals surface area contributed by atoms with Gasteiger partial charge in [0, 0.05) is 24.9 Å². The Hall–Kier alpha value is -3.95. The molecule has 3 aromatic heterocycles. The smallest absolute Gasteiger partial charge is 0.194 e. The summed E-state index contributed by atoms with van der Waals surface area (Å²) in [7, 11) is 1.57. The number of imidazole rings is 1. The van der Waals surface area contributed by atoms with Crippen LogP contribution in [0.3, 0.4) is 0 Å². The molecule has 1 atom stereocenters. The fourth-order valence-corrected chi connectivity index (χ4v) is 3.93. The van der Waals surface area contributed by atoms with Crippen LogP contribution in [0.1, 0.15) is 40.8 Å². The van der Waals surface area contributed by atoms with Gasteiger partial charge in [-0.15, -0.1) is 0 Å². The second-order valence-corrected chi connectivity index (χ2v) is 7.74. The number of hydrogen-bond donors (Lipinski definition) is 0. The van der Waals surface area contributed by atoms with Gasteiger partial charge in [-0.2, -0.15) is 5.10 Å². The molecule has 0 radical (unpaired) electrons. The molecule has 10 heteroatoms. The highest BCUT2D eigenvalue weighted by molar-refractivity contribution is 5.67. The number of nitrogens with zero attached hydrogens (tertiary/aromatic N) is 6. The molecule has 0 fully saturated rings. The van der Waals surface area contributed by atoms with Gasteiger partial charge in [0.25, 0.3) is 0 Å². The van der Waals surface area contributed by atoms with Crippen LogP contribution in [0.2, 0.25) is 0 Å². The summed E-state index contributed by atoms with van der Waals surface area (Å²) in [6.45, 7) is 2.44.